The number of carbonyl (C=O) groups excluding carboxylic acids is 1. The molecule has 0 aliphatic heterocycles. The standard InChI is InChI=1S/C22H17FN4O6/c1-32-16-9-10-20-17(12-16)21(28)26(33-22(29)24-19-8-3-2-7-18(19)23)25(20)13-14-5-4-6-15(11-14)27(30)31/h2-12H,13H2,1H3,(H,24,29). The Morgan fingerprint density at radius 1 is 1.12 bits per heavy atom. The third-order valence-electron chi connectivity index (χ3n) is 4.84. The van der Waals surface area contributed by atoms with Crippen molar-refractivity contribution >= 4 is 28.4 Å². The summed E-state index contributed by atoms with van der Waals surface area (Å²) < 4.78 is 20.4. The van der Waals surface area contributed by atoms with Crippen LogP contribution in [0.1, 0.15) is 5.56 Å². The van der Waals surface area contributed by atoms with Crippen molar-refractivity contribution in [3.8, 4) is 5.75 Å². The summed E-state index contributed by atoms with van der Waals surface area (Å²) in [6.45, 7) is -0.0280. The highest BCUT2D eigenvalue weighted by molar-refractivity contribution is 5.85. The Morgan fingerprint density at radius 3 is 2.64 bits per heavy atom. The molecule has 0 spiro atoms. The van der Waals surface area contributed by atoms with E-state index in [0.717, 1.165) is 10.9 Å². The van der Waals surface area contributed by atoms with Gasteiger partial charge in [-0.05, 0) is 35.9 Å². The summed E-state index contributed by atoms with van der Waals surface area (Å²) in [5.41, 5.74) is -0.0379. The number of methoxy groups -OCH3 is 1. The van der Waals surface area contributed by atoms with Crippen LogP contribution in [0.5, 0.6) is 5.75 Å². The number of hydrogen-bond acceptors (Lipinski definition) is 6. The van der Waals surface area contributed by atoms with E-state index in [-0.39, 0.29) is 23.3 Å². The predicted octanol–water partition coefficient (Wildman–Crippen LogP) is 3.57. The lowest BCUT2D eigenvalue weighted by molar-refractivity contribution is -0.384. The first-order valence-corrected chi connectivity index (χ1v) is 9.64. The monoisotopic (exact) mass is 452 g/mol. The van der Waals surface area contributed by atoms with Crippen molar-refractivity contribution in [2.24, 2.45) is 0 Å². The topological polar surface area (TPSA) is 118 Å². The first kappa shape index (κ1) is 21.6. The number of fused-ring (bicyclic) bond motifs is 1. The summed E-state index contributed by atoms with van der Waals surface area (Å²) in [5.74, 6) is -0.265. The molecule has 0 radical (unpaired) electrons. The van der Waals surface area contributed by atoms with Crippen molar-refractivity contribution in [1.82, 2.24) is 9.53 Å². The summed E-state index contributed by atoms with van der Waals surface area (Å²) in [7, 11) is 1.44. The number of para-hydroxylation sites is 1. The first-order chi connectivity index (χ1) is 15.9. The molecule has 0 bridgehead atoms. The van der Waals surface area contributed by atoms with Gasteiger partial charge in [0.1, 0.15) is 11.6 Å². The number of aromatic nitrogens is 2. The second-order valence-corrected chi connectivity index (χ2v) is 6.93. The van der Waals surface area contributed by atoms with Gasteiger partial charge in [-0.1, -0.05) is 29.1 Å². The average molecular weight is 452 g/mol. The van der Waals surface area contributed by atoms with Gasteiger partial charge in [0.25, 0.3) is 5.69 Å². The molecular formula is C22H17FN4O6. The van der Waals surface area contributed by atoms with Crippen molar-refractivity contribution in [2.75, 3.05) is 12.4 Å². The lowest BCUT2D eigenvalue weighted by Crippen LogP contribution is -2.36. The van der Waals surface area contributed by atoms with Crippen molar-refractivity contribution in [3.63, 3.8) is 0 Å². The molecule has 0 aliphatic carbocycles. The summed E-state index contributed by atoms with van der Waals surface area (Å²) in [5, 5.41) is 13.6. The molecule has 1 N–H and O–H groups in total. The second kappa shape index (κ2) is 8.83. The Kier molecular flexibility index (Phi) is 5.77. The quantitative estimate of drug-likeness (QED) is 0.353. The van der Waals surface area contributed by atoms with Crippen LogP contribution < -0.4 is 20.5 Å². The number of nitro benzene ring substituents is 1. The maximum absolute atomic E-state index is 13.9. The van der Waals surface area contributed by atoms with Gasteiger partial charge in [-0.2, -0.15) is 0 Å². The van der Waals surface area contributed by atoms with Crippen LogP contribution in [0.3, 0.4) is 0 Å². The van der Waals surface area contributed by atoms with Gasteiger partial charge in [0, 0.05) is 12.1 Å². The van der Waals surface area contributed by atoms with Gasteiger partial charge >= 0.3 is 11.7 Å². The van der Waals surface area contributed by atoms with Crippen LogP contribution in [0.25, 0.3) is 10.9 Å². The van der Waals surface area contributed by atoms with E-state index in [4.69, 9.17) is 9.57 Å². The van der Waals surface area contributed by atoms with Gasteiger partial charge in [0.15, 0.2) is 0 Å². The highest BCUT2D eigenvalue weighted by Gasteiger charge is 2.19. The van der Waals surface area contributed by atoms with Gasteiger partial charge in [-0.25, -0.2) is 13.9 Å². The van der Waals surface area contributed by atoms with E-state index in [2.05, 4.69) is 5.32 Å². The van der Waals surface area contributed by atoms with Gasteiger partial charge in [0.05, 0.1) is 35.2 Å². The van der Waals surface area contributed by atoms with Crippen LogP contribution in [-0.2, 0) is 6.54 Å². The number of halogens is 1. The fraction of sp³-hybridized carbons (Fsp3) is 0.0909. The third kappa shape index (κ3) is 4.37. The van der Waals surface area contributed by atoms with Crippen molar-refractivity contribution in [1.29, 1.82) is 0 Å². The number of rotatable bonds is 6. The number of nitro groups is 1. The number of non-ortho nitro benzene ring substituents is 1. The average Bonchev–Trinajstić information content (AvgIpc) is 3.06. The molecule has 0 aliphatic rings. The fourth-order valence-electron chi connectivity index (χ4n) is 3.30. The SMILES string of the molecule is COc1ccc2c(c1)c(=O)n(OC(=O)Nc1ccccc1F)n2Cc1cccc([N+](=O)[O-])c1. The molecule has 0 saturated carbocycles. The number of carbonyl (C=O) groups is 1. The Bertz CT molecular complexity index is 1430. The Morgan fingerprint density at radius 2 is 1.91 bits per heavy atom. The molecule has 0 saturated heterocycles. The minimum Gasteiger partial charge on any atom is -0.497 e. The van der Waals surface area contributed by atoms with Crippen LogP contribution >= 0.6 is 0 Å². The molecule has 0 fully saturated rings. The molecule has 3 aromatic carbocycles. The number of anilines is 1. The van der Waals surface area contributed by atoms with Gasteiger partial charge in [0.2, 0.25) is 0 Å². The van der Waals surface area contributed by atoms with E-state index in [1.807, 2.05) is 0 Å². The zero-order chi connectivity index (χ0) is 23.5. The summed E-state index contributed by atoms with van der Waals surface area (Å²) in [4.78, 5) is 42.0. The van der Waals surface area contributed by atoms with E-state index in [1.165, 1.54) is 54.3 Å². The molecule has 168 valence electrons. The summed E-state index contributed by atoms with van der Waals surface area (Å²) >= 11 is 0. The third-order valence-corrected chi connectivity index (χ3v) is 4.84. The van der Waals surface area contributed by atoms with Crippen molar-refractivity contribution in [3.05, 3.63) is 98.6 Å². The zero-order valence-corrected chi connectivity index (χ0v) is 17.2. The molecule has 0 atom stereocenters. The van der Waals surface area contributed by atoms with Crippen LogP contribution in [0.2, 0.25) is 0 Å². The number of nitrogens with one attached hydrogen (secondary N) is 1. The largest absolute Gasteiger partial charge is 0.497 e. The Labute approximate surface area is 185 Å². The number of ether oxygens (including phenoxy) is 1. The molecule has 10 nitrogen and oxygen atoms in total. The van der Waals surface area contributed by atoms with E-state index in [0.29, 0.717) is 16.8 Å². The van der Waals surface area contributed by atoms with Crippen LogP contribution in [0, 0.1) is 15.9 Å². The lowest BCUT2D eigenvalue weighted by Gasteiger charge is -2.13. The Balaban J connectivity index is 1.76. The highest BCUT2D eigenvalue weighted by Crippen LogP contribution is 2.21. The maximum atomic E-state index is 13.9. The number of hydrogen-bond donors (Lipinski definition) is 1. The molecule has 0 unspecified atom stereocenters. The number of amides is 1. The molecule has 33 heavy (non-hydrogen) atoms. The van der Waals surface area contributed by atoms with Crippen LogP contribution in [0.15, 0.2) is 71.5 Å². The fourth-order valence-corrected chi connectivity index (χ4v) is 3.30. The smallest absolute Gasteiger partial charge is 0.437 e. The second-order valence-electron chi connectivity index (χ2n) is 6.93. The number of nitrogens with zero attached hydrogens (tertiary/aromatic N) is 3. The molecule has 1 aromatic heterocycles. The van der Waals surface area contributed by atoms with Gasteiger partial charge in [-0.3, -0.25) is 25.1 Å². The molecule has 11 heteroatoms. The van der Waals surface area contributed by atoms with E-state index >= 15 is 0 Å². The normalized spacial score (nSPS) is 10.7. The van der Waals surface area contributed by atoms with Crippen LogP contribution in [0.4, 0.5) is 20.6 Å². The number of benzene rings is 3. The minimum absolute atomic E-state index is 0.0280. The molecule has 1 heterocycles. The van der Waals surface area contributed by atoms with Gasteiger partial charge < -0.3 is 4.74 Å². The lowest BCUT2D eigenvalue weighted by atomic mass is 10.2. The minimum atomic E-state index is -1.10. The summed E-state index contributed by atoms with van der Waals surface area (Å²) in [6, 6.07) is 16.0. The summed E-state index contributed by atoms with van der Waals surface area (Å²) in [6.07, 6.45) is -1.10. The zero-order valence-electron chi connectivity index (χ0n) is 17.2. The molecule has 4 aromatic rings. The van der Waals surface area contributed by atoms with Gasteiger partial charge in [-0.15, -0.1) is 0 Å². The molecule has 4 rings (SSSR count). The molecule has 1 amide bonds. The van der Waals surface area contributed by atoms with Crippen molar-refractivity contribution < 1.29 is 23.7 Å². The first-order valence-electron chi connectivity index (χ1n) is 9.64. The van der Waals surface area contributed by atoms with Crippen LogP contribution in [-0.4, -0.2) is 27.7 Å². The van der Waals surface area contributed by atoms with E-state index in [1.54, 1.807) is 18.2 Å². The maximum Gasteiger partial charge on any atom is 0.437 e. The Hall–Kier alpha value is -4.67. The van der Waals surface area contributed by atoms with E-state index < -0.39 is 22.4 Å². The predicted molar refractivity (Wildman–Crippen MR) is 117 cm³/mol. The van der Waals surface area contributed by atoms with E-state index in [9.17, 15) is 24.1 Å². The highest BCUT2D eigenvalue weighted by atomic mass is 19.1. The molecular weight excluding hydrogens is 435 g/mol. The van der Waals surface area contributed by atoms with Crippen molar-refractivity contribution in [2.45, 2.75) is 6.54 Å².